The first-order chi connectivity index (χ1) is 11.3. The molecule has 1 aliphatic heterocycles. The van der Waals surface area contributed by atoms with Gasteiger partial charge in [0.15, 0.2) is 0 Å². The van der Waals surface area contributed by atoms with E-state index >= 15 is 0 Å². The number of methoxy groups -OCH3 is 1. The number of likely N-dealkylation sites (tertiary alicyclic amines) is 1. The highest BCUT2D eigenvalue weighted by Gasteiger charge is 2.16. The summed E-state index contributed by atoms with van der Waals surface area (Å²) in [6, 6.07) is 8.42. The second-order valence-electron chi connectivity index (χ2n) is 6.82. The number of aryl methyl sites for hydroxylation is 1. The molecule has 130 valence electrons. The zero-order valence-electron chi connectivity index (χ0n) is 14.7. The van der Waals surface area contributed by atoms with E-state index in [0.717, 1.165) is 31.6 Å². The Hall–Kier alpha value is -1.06. The summed E-state index contributed by atoms with van der Waals surface area (Å²) in [4.78, 5) is 2.43. The minimum Gasteiger partial charge on any atom is -0.497 e. The van der Waals surface area contributed by atoms with Crippen LogP contribution in [0, 0.1) is 0 Å². The summed E-state index contributed by atoms with van der Waals surface area (Å²) in [6.45, 7) is 3.24. The van der Waals surface area contributed by atoms with E-state index < -0.39 is 0 Å². The molecule has 1 heterocycles. The van der Waals surface area contributed by atoms with Crippen molar-refractivity contribution in [3.8, 4) is 5.75 Å². The van der Waals surface area contributed by atoms with Crippen molar-refractivity contribution in [3.05, 3.63) is 29.8 Å². The fraction of sp³-hybridized carbons (Fsp3) is 0.700. The van der Waals surface area contributed by atoms with Crippen LogP contribution in [0.5, 0.6) is 5.75 Å². The lowest BCUT2D eigenvalue weighted by Crippen LogP contribution is -2.38. The maximum Gasteiger partial charge on any atom is 0.119 e. The van der Waals surface area contributed by atoms with Crippen molar-refractivity contribution in [2.45, 2.75) is 63.9 Å². The van der Waals surface area contributed by atoms with Crippen molar-refractivity contribution >= 4 is 0 Å². The van der Waals surface area contributed by atoms with E-state index in [9.17, 15) is 5.11 Å². The van der Waals surface area contributed by atoms with Gasteiger partial charge in [0.05, 0.1) is 13.2 Å². The molecule has 1 N–H and O–H groups in total. The summed E-state index contributed by atoms with van der Waals surface area (Å²) in [5.74, 6) is 0.963. The summed E-state index contributed by atoms with van der Waals surface area (Å²) in [5, 5.41) is 9.66. The van der Waals surface area contributed by atoms with Crippen LogP contribution in [-0.2, 0) is 6.42 Å². The minimum absolute atomic E-state index is 0.0830. The summed E-state index contributed by atoms with van der Waals surface area (Å²) < 4.78 is 5.26. The molecule has 1 aliphatic rings. The van der Waals surface area contributed by atoms with Gasteiger partial charge in [-0.15, -0.1) is 0 Å². The molecule has 1 aromatic rings. The number of rotatable bonds is 10. The highest BCUT2D eigenvalue weighted by Crippen LogP contribution is 2.16. The lowest BCUT2D eigenvalue weighted by Gasteiger charge is -2.29. The van der Waals surface area contributed by atoms with Crippen molar-refractivity contribution in [2.75, 3.05) is 26.7 Å². The molecule has 1 aromatic carbocycles. The van der Waals surface area contributed by atoms with E-state index in [2.05, 4.69) is 23.1 Å². The molecule has 0 amide bonds. The molecule has 0 bridgehead atoms. The lowest BCUT2D eigenvalue weighted by molar-refractivity contribution is 0.0698. The fourth-order valence-electron chi connectivity index (χ4n) is 3.43. The Bertz CT molecular complexity index is 435. The molecule has 23 heavy (non-hydrogen) atoms. The molecule has 3 nitrogen and oxygen atoms in total. The SMILES string of the molecule is COc1cccc(CCCCCCCCN2CCCC(O)C2)c1. The maximum absolute atomic E-state index is 9.66. The average Bonchev–Trinajstić information content (AvgIpc) is 2.57. The van der Waals surface area contributed by atoms with Crippen LogP contribution in [0.1, 0.15) is 56.9 Å². The Balaban J connectivity index is 1.45. The number of piperidine rings is 1. The van der Waals surface area contributed by atoms with E-state index in [-0.39, 0.29) is 6.10 Å². The van der Waals surface area contributed by atoms with Crippen molar-refractivity contribution in [1.82, 2.24) is 4.90 Å². The van der Waals surface area contributed by atoms with Gasteiger partial charge in [0.1, 0.15) is 5.75 Å². The Kier molecular flexibility index (Phi) is 8.48. The molecule has 1 unspecified atom stereocenters. The van der Waals surface area contributed by atoms with Crippen LogP contribution in [0.25, 0.3) is 0 Å². The number of benzene rings is 1. The number of aliphatic hydroxyl groups excluding tert-OH is 1. The van der Waals surface area contributed by atoms with Gasteiger partial charge in [-0.3, -0.25) is 0 Å². The Morgan fingerprint density at radius 1 is 1.13 bits per heavy atom. The van der Waals surface area contributed by atoms with Gasteiger partial charge in [0.25, 0.3) is 0 Å². The van der Waals surface area contributed by atoms with Crippen LogP contribution >= 0.6 is 0 Å². The Morgan fingerprint density at radius 3 is 2.70 bits per heavy atom. The predicted molar refractivity (Wildman–Crippen MR) is 96.1 cm³/mol. The van der Waals surface area contributed by atoms with E-state index in [4.69, 9.17) is 4.74 Å². The Morgan fingerprint density at radius 2 is 1.91 bits per heavy atom. The van der Waals surface area contributed by atoms with Gasteiger partial charge in [0, 0.05) is 6.54 Å². The van der Waals surface area contributed by atoms with Crippen LogP contribution in [0.2, 0.25) is 0 Å². The monoisotopic (exact) mass is 319 g/mol. The van der Waals surface area contributed by atoms with Gasteiger partial charge in [-0.2, -0.15) is 0 Å². The number of β-amino-alcohol motifs (C(OH)–C–C–N with tert-alkyl or cyclic N) is 1. The zero-order valence-corrected chi connectivity index (χ0v) is 14.7. The van der Waals surface area contributed by atoms with Gasteiger partial charge in [0.2, 0.25) is 0 Å². The lowest BCUT2D eigenvalue weighted by atomic mass is 10.0. The van der Waals surface area contributed by atoms with E-state index in [0.29, 0.717) is 0 Å². The third kappa shape index (κ3) is 7.36. The second kappa shape index (κ2) is 10.7. The number of aliphatic hydroxyl groups is 1. The number of hydrogen-bond acceptors (Lipinski definition) is 3. The van der Waals surface area contributed by atoms with Crippen LogP contribution in [0.3, 0.4) is 0 Å². The first kappa shape index (κ1) is 18.3. The molecule has 0 aromatic heterocycles. The third-order valence-electron chi connectivity index (χ3n) is 4.80. The van der Waals surface area contributed by atoms with Crippen LogP contribution in [0.15, 0.2) is 24.3 Å². The summed E-state index contributed by atoms with van der Waals surface area (Å²) in [5.41, 5.74) is 1.38. The molecule has 0 radical (unpaired) electrons. The summed E-state index contributed by atoms with van der Waals surface area (Å²) >= 11 is 0. The van der Waals surface area contributed by atoms with Gasteiger partial charge < -0.3 is 14.7 Å². The quantitative estimate of drug-likeness (QED) is 0.661. The average molecular weight is 319 g/mol. The molecular formula is C20H33NO2. The predicted octanol–water partition coefficient (Wildman–Crippen LogP) is 4.04. The summed E-state index contributed by atoms with van der Waals surface area (Å²) in [7, 11) is 1.73. The van der Waals surface area contributed by atoms with E-state index in [1.54, 1.807) is 7.11 Å². The molecule has 3 heteroatoms. The molecule has 0 aliphatic carbocycles. The van der Waals surface area contributed by atoms with E-state index in [1.807, 2.05) is 6.07 Å². The van der Waals surface area contributed by atoms with Crippen LogP contribution in [-0.4, -0.2) is 42.9 Å². The van der Waals surface area contributed by atoms with Crippen molar-refractivity contribution in [2.24, 2.45) is 0 Å². The number of ether oxygens (including phenoxy) is 1. The smallest absolute Gasteiger partial charge is 0.119 e. The van der Waals surface area contributed by atoms with Gasteiger partial charge in [-0.1, -0.05) is 37.8 Å². The second-order valence-corrected chi connectivity index (χ2v) is 6.82. The molecule has 1 atom stereocenters. The molecule has 0 spiro atoms. The highest BCUT2D eigenvalue weighted by molar-refractivity contribution is 5.28. The first-order valence-electron chi connectivity index (χ1n) is 9.31. The number of unbranched alkanes of at least 4 members (excludes halogenated alkanes) is 5. The van der Waals surface area contributed by atoms with Gasteiger partial charge in [-0.25, -0.2) is 0 Å². The minimum atomic E-state index is -0.0830. The Labute approximate surface area is 141 Å². The molecule has 1 saturated heterocycles. The standard InChI is InChI=1S/C20H33NO2/c1-23-20-13-8-11-18(16-20)10-6-4-2-3-5-7-14-21-15-9-12-19(22)17-21/h8,11,13,16,19,22H,2-7,9-10,12,14-15,17H2,1H3. The van der Waals surface area contributed by atoms with Crippen LogP contribution in [0.4, 0.5) is 0 Å². The number of nitrogens with zero attached hydrogens (tertiary/aromatic N) is 1. The third-order valence-corrected chi connectivity index (χ3v) is 4.80. The molecule has 0 saturated carbocycles. The first-order valence-corrected chi connectivity index (χ1v) is 9.31. The van der Waals surface area contributed by atoms with Crippen molar-refractivity contribution < 1.29 is 9.84 Å². The maximum atomic E-state index is 9.66. The molecule has 1 fully saturated rings. The largest absolute Gasteiger partial charge is 0.497 e. The fourth-order valence-corrected chi connectivity index (χ4v) is 3.43. The van der Waals surface area contributed by atoms with E-state index in [1.165, 1.54) is 57.2 Å². The molecular weight excluding hydrogens is 286 g/mol. The van der Waals surface area contributed by atoms with Crippen molar-refractivity contribution in [1.29, 1.82) is 0 Å². The summed E-state index contributed by atoms with van der Waals surface area (Å²) in [6.07, 6.45) is 11.1. The topological polar surface area (TPSA) is 32.7 Å². The highest BCUT2D eigenvalue weighted by atomic mass is 16.5. The van der Waals surface area contributed by atoms with Gasteiger partial charge >= 0.3 is 0 Å². The number of hydrogen-bond donors (Lipinski definition) is 1. The van der Waals surface area contributed by atoms with Gasteiger partial charge in [-0.05, 0) is 62.9 Å². The van der Waals surface area contributed by atoms with Crippen molar-refractivity contribution in [3.63, 3.8) is 0 Å². The molecule has 2 rings (SSSR count). The normalized spacial score (nSPS) is 19.0. The zero-order chi connectivity index (χ0) is 16.3. The van der Waals surface area contributed by atoms with Crippen LogP contribution < -0.4 is 4.74 Å².